The highest BCUT2D eigenvalue weighted by atomic mass is 16.5. The predicted octanol–water partition coefficient (Wildman–Crippen LogP) is 22.4. The van der Waals surface area contributed by atoms with Gasteiger partial charge in [-0.25, -0.2) is 0 Å². The Morgan fingerprint density at radius 2 is 0.618 bits per heavy atom. The molecule has 0 saturated carbocycles. The van der Waals surface area contributed by atoms with Gasteiger partial charge in [0.05, 0.1) is 25.4 Å². The lowest BCUT2D eigenvalue weighted by Gasteiger charge is -2.22. The standard InChI is InChI=1S/C70H137NO5/c1-3-5-7-9-11-13-15-17-19-31-36-40-44-48-52-56-60-64-70(75)76-65-61-57-53-49-45-41-37-33-30-28-26-24-22-20-21-23-25-27-29-32-35-39-43-47-51-55-59-63-69(74)71-67(66-72)68(73)62-58-54-50-46-42-38-34-18-16-14-12-10-8-6-4-2/h20-21,67-68,72-73H,3-19,22-66H2,1-2H3,(H,71,74)/b21-20-. The van der Waals surface area contributed by atoms with Gasteiger partial charge in [0, 0.05) is 12.8 Å². The molecule has 3 N–H and O–H groups in total. The number of ether oxygens (including phenoxy) is 1. The molecule has 76 heavy (non-hydrogen) atoms. The number of nitrogens with one attached hydrogen (secondary N) is 1. The molecule has 0 fully saturated rings. The van der Waals surface area contributed by atoms with E-state index in [1.807, 2.05) is 0 Å². The van der Waals surface area contributed by atoms with Gasteiger partial charge in [-0.3, -0.25) is 9.59 Å². The molecule has 0 radical (unpaired) electrons. The maximum Gasteiger partial charge on any atom is 0.305 e. The number of aliphatic hydroxyl groups is 2. The number of carbonyl (C=O) groups excluding carboxylic acids is 2. The molecule has 0 spiro atoms. The minimum atomic E-state index is -0.664. The predicted molar refractivity (Wildman–Crippen MR) is 333 cm³/mol. The number of amides is 1. The molecule has 2 unspecified atom stereocenters. The van der Waals surface area contributed by atoms with E-state index in [-0.39, 0.29) is 18.5 Å². The first kappa shape index (κ1) is 74.6. The van der Waals surface area contributed by atoms with Crippen LogP contribution in [0.25, 0.3) is 0 Å². The van der Waals surface area contributed by atoms with Crippen molar-refractivity contribution in [1.82, 2.24) is 5.32 Å². The summed E-state index contributed by atoms with van der Waals surface area (Å²) in [6.07, 6.45) is 81.1. The SMILES string of the molecule is CCCCCCCCCCCCCCCCCCCC(=O)OCCCCCCCCCCCCCC/C=C\CCCCCCCCCCCCCC(=O)NC(CO)C(O)CCCCCCCCCCCCCCCCC. The van der Waals surface area contributed by atoms with Crippen LogP contribution in [0, 0.1) is 0 Å². The number of carbonyl (C=O) groups is 2. The minimum Gasteiger partial charge on any atom is -0.466 e. The van der Waals surface area contributed by atoms with Crippen LogP contribution >= 0.6 is 0 Å². The number of unbranched alkanes of at least 4 members (excludes halogenated alkanes) is 53. The van der Waals surface area contributed by atoms with Crippen molar-refractivity contribution >= 4 is 11.9 Å². The summed E-state index contributed by atoms with van der Waals surface area (Å²) in [5.41, 5.74) is 0. The minimum absolute atomic E-state index is 0.0201. The van der Waals surface area contributed by atoms with Crippen molar-refractivity contribution in [3.8, 4) is 0 Å². The molecule has 0 rings (SSSR count). The van der Waals surface area contributed by atoms with Gasteiger partial charge < -0.3 is 20.3 Å². The third-order valence-corrected chi connectivity index (χ3v) is 16.6. The van der Waals surface area contributed by atoms with Gasteiger partial charge in [-0.1, -0.05) is 347 Å². The highest BCUT2D eigenvalue weighted by molar-refractivity contribution is 5.76. The van der Waals surface area contributed by atoms with Crippen LogP contribution in [0.3, 0.4) is 0 Å². The maximum atomic E-state index is 12.5. The molecule has 0 heterocycles. The zero-order chi connectivity index (χ0) is 55.0. The second kappa shape index (κ2) is 66.1. The molecule has 452 valence electrons. The number of aliphatic hydroxyl groups excluding tert-OH is 2. The van der Waals surface area contributed by atoms with Crippen LogP contribution in [-0.2, 0) is 14.3 Å². The summed E-state index contributed by atoms with van der Waals surface area (Å²) >= 11 is 0. The Balaban J connectivity index is 3.35. The molecular weight excluding hydrogens is 935 g/mol. The molecule has 0 aliphatic carbocycles. The maximum absolute atomic E-state index is 12.5. The summed E-state index contributed by atoms with van der Waals surface area (Å²) < 4.78 is 5.51. The van der Waals surface area contributed by atoms with E-state index in [0.29, 0.717) is 25.9 Å². The van der Waals surface area contributed by atoms with Crippen molar-refractivity contribution in [1.29, 1.82) is 0 Å². The Hall–Kier alpha value is -1.40. The molecule has 2 atom stereocenters. The summed E-state index contributed by atoms with van der Waals surface area (Å²) in [5.74, 6) is -0.0126. The zero-order valence-electron chi connectivity index (χ0n) is 51.8. The van der Waals surface area contributed by atoms with Crippen molar-refractivity contribution in [2.45, 2.75) is 411 Å². The fourth-order valence-corrected chi connectivity index (χ4v) is 11.2. The monoisotopic (exact) mass is 1070 g/mol. The number of allylic oxidation sites excluding steroid dienone is 2. The molecule has 0 saturated heterocycles. The number of esters is 1. The van der Waals surface area contributed by atoms with Crippen LogP contribution in [-0.4, -0.2) is 47.4 Å². The second-order valence-electron chi connectivity index (χ2n) is 24.2. The van der Waals surface area contributed by atoms with Crippen molar-refractivity contribution < 1.29 is 24.5 Å². The molecule has 6 heteroatoms. The summed E-state index contributed by atoms with van der Waals surface area (Å²) in [4.78, 5) is 24.6. The molecule has 1 amide bonds. The van der Waals surface area contributed by atoms with Crippen LogP contribution < -0.4 is 5.32 Å². The largest absolute Gasteiger partial charge is 0.466 e. The topological polar surface area (TPSA) is 95.9 Å². The van der Waals surface area contributed by atoms with Crippen molar-refractivity contribution in [2.75, 3.05) is 13.2 Å². The highest BCUT2D eigenvalue weighted by Gasteiger charge is 2.20. The van der Waals surface area contributed by atoms with Crippen LogP contribution in [0.15, 0.2) is 12.2 Å². The quantitative estimate of drug-likeness (QED) is 0.0320. The normalized spacial score (nSPS) is 12.5. The lowest BCUT2D eigenvalue weighted by molar-refractivity contribution is -0.143. The van der Waals surface area contributed by atoms with E-state index < -0.39 is 12.1 Å². The van der Waals surface area contributed by atoms with Gasteiger partial charge in [0.2, 0.25) is 5.91 Å². The molecule has 0 aromatic carbocycles. The van der Waals surface area contributed by atoms with Gasteiger partial charge in [-0.05, 0) is 51.4 Å². The first-order valence-corrected chi connectivity index (χ1v) is 34.9. The van der Waals surface area contributed by atoms with Gasteiger partial charge >= 0.3 is 5.97 Å². The van der Waals surface area contributed by atoms with E-state index in [0.717, 1.165) is 38.5 Å². The smallest absolute Gasteiger partial charge is 0.305 e. The third-order valence-electron chi connectivity index (χ3n) is 16.6. The van der Waals surface area contributed by atoms with Crippen LogP contribution in [0.5, 0.6) is 0 Å². The number of hydrogen-bond acceptors (Lipinski definition) is 5. The number of rotatable bonds is 66. The Kier molecular flexibility index (Phi) is 64.9. The summed E-state index contributed by atoms with van der Waals surface area (Å²) in [6, 6.07) is -0.541. The van der Waals surface area contributed by atoms with Gasteiger partial charge in [0.25, 0.3) is 0 Å². The molecular formula is C70H137NO5. The van der Waals surface area contributed by atoms with Gasteiger partial charge in [-0.15, -0.1) is 0 Å². The molecule has 0 aromatic heterocycles. The van der Waals surface area contributed by atoms with E-state index in [2.05, 4.69) is 31.3 Å². The van der Waals surface area contributed by atoms with Crippen LogP contribution in [0.4, 0.5) is 0 Å². The molecule has 0 aliphatic heterocycles. The van der Waals surface area contributed by atoms with E-state index in [1.165, 1.54) is 327 Å². The van der Waals surface area contributed by atoms with Gasteiger partial charge in [0.1, 0.15) is 0 Å². The second-order valence-corrected chi connectivity index (χ2v) is 24.2. The summed E-state index contributed by atoms with van der Waals surface area (Å²) in [6.45, 7) is 4.99. The third kappa shape index (κ3) is 61.8. The highest BCUT2D eigenvalue weighted by Crippen LogP contribution is 2.19. The van der Waals surface area contributed by atoms with Crippen molar-refractivity contribution in [3.05, 3.63) is 12.2 Å². The van der Waals surface area contributed by atoms with E-state index in [1.54, 1.807) is 0 Å². The van der Waals surface area contributed by atoms with E-state index >= 15 is 0 Å². The van der Waals surface area contributed by atoms with Crippen LogP contribution in [0.2, 0.25) is 0 Å². The summed E-state index contributed by atoms with van der Waals surface area (Å²) in [5, 5.41) is 23.3. The lowest BCUT2D eigenvalue weighted by Crippen LogP contribution is -2.45. The first-order valence-electron chi connectivity index (χ1n) is 34.9. The van der Waals surface area contributed by atoms with Crippen LogP contribution in [0.1, 0.15) is 399 Å². The van der Waals surface area contributed by atoms with Crippen molar-refractivity contribution in [3.63, 3.8) is 0 Å². The molecule has 6 nitrogen and oxygen atoms in total. The average Bonchev–Trinajstić information content (AvgIpc) is 3.42. The van der Waals surface area contributed by atoms with Gasteiger partial charge in [0.15, 0.2) is 0 Å². The van der Waals surface area contributed by atoms with Gasteiger partial charge in [-0.2, -0.15) is 0 Å². The average molecular weight is 1070 g/mol. The molecule has 0 aliphatic rings. The fourth-order valence-electron chi connectivity index (χ4n) is 11.2. The lowest BCUT2D eigenvalue weighted by atomic mass is 10.0. The molecule has 0 aromatic rings. The zero-order valence-corrected chi connectivity index (χ0v) is 51.8. The van der Waals surface area contributed by atoms with E-state index in [9.17, 15) is 19.8 Å². The number of hydrogen-bond donors (Lipinski definition) is 3. The molecule has 0 bridgehead atoms. The van der Waals surface area contributed by atoms with E-state index in [4.69, 9.17) is 4.74 Å². The Morgan fingerprint density at radius 1 is 0.355 bits per heavy atom. The first-order chi connectivity index (χ1) is 37.5. The Labute approximate surface area is 476 Å². The van der Waals surface area contributed by atoms with Crippen molar-refractivity contribution in [2.24, 2.45) is 0 Å². The Bertz CT molecular complexity index is 1140. The fraction of sp³-hybridized carbons (Fsp3) is 0.943. The summed E-state index contributed by atoms with van der Waals surface area (Å²) in [7, 11) is 0. The Morgan fingerprint density at radius 3 is 0.934 bits per heavy atom.